The highest BCUT2D eigenvalue weighted by molar-refractivity contribution is 5.76. The van der Waals surface area contributed by atoms with Crippen LogP contribution in [0.1, 0.15) is 12.5 Å². The van der Waals surface area contributed by atoms with Gasteiger partial charge in [0.1, 0.15) is 0 Å². The fourth-order valence-electron chi connectivity index (χ4n) is 2.52. The van der Waals surface area contributed by atoms with Crippen molar-refractivity contribution in [3.05, 3.63) is 29.8 Å². The fourth-order valence-corrected chi connectivity index (χ4v) is 2.52. The summed E-state index contributed by atoms with van der Waals surface area (Å²) >= 11 is 0. The van der Waals surface area contributed by atoms with E-state index in [2.05, 4.69) is 47.9 Å². The van der Waals surface area contributed by atoms with E-state index in [0.717, 1.165) is 19.6 Å². The second-order valence-electron chi connectivity index (χ2n) is 5.08. The number of primary amides is 1. The fraction of sp³-hybridized carbons (Fsp3) is 0.500. The molecule has 0 radical (unpaired) electrons. The number of hydrogen-bond acceptors (Lipinski definition) is 3. The molecule has 18 heavy (non-hydrogen) atoms. The van der Waals surface area contributed by atoms with Gasteiger partial charge in [0.15, 0.2) is 0 Å². The van der Waals surface area contributed by atoms with Crippen LogP contribution < -0.4 is 10.6 Å². The number of piperazine rings is 1. The average Bonchev–Trinajstić information content (AvgIpc) is 2.30. The molecule has 1 aliphatic heterocycles. The Morgan fingerprint density at radius 2 is 2.00 bits per heavy atom. The number of amides is 1. The molecule has 98 valence electrons. The monoisotopic (exact) mass is 247 g/mol. The molecule has 1 amide bonds. The van der Waals surface area contributed by atoms with Crippen LogP contribution in [0.5, 0.6) is 0 Å². The maximum Gasteiger partial charge on any atom is 0.231 e. The van der Waals surface area contributed by atoms with Crippen LogP contribution in [0.4, 0.5) is 5.69 Å². The molecule has 1 aromatic rings. The molecule has 1 aromatic carbocycles. The highest BCUT2D eigenvalue weighted by Gasteiger charge is 2.24. The van der Waals surface area contributed by atoms with E-state index in [1.165, 1.54) is 11.3 Å². The third-order valence-electron chi connectivity index (χ3n) is 3.46. The Morgan fingerprint density at radius 1 is 1.33 bits per heavy atom. The lowest BCUT2D eigenvalue weighted by Gasteiger charge is -2.40. The maximum absolute atomic E-state index is 10.9. The normalized spacial score (nSPS) is 21.0. The van der Waals surface area contributed by atoms with Crippen molar-refractivity contribution in [1.29, 1.82) is 0 Å². The van der Waals surface area contributed by atoms with Crippen LogP contribution >= 0.6 is 0 Å². The Bertz CT molecular complexity index is 416. The quantitative estimate of drug-likeness (QED) is 0.866. The first-order chi connectivity index (χ1) is 8.56. The minimum Gasteiger partial charge on any atom is -0.369 e. The zero-order valence-electron chi connectivity index (χ0n) is 11.1. The van der Waals surface area contributed by atoms with Gasteiger partial charge in [0.2, 0.25) is 5.91 Å². The Kier molecular flexibility index (Phi) is 3.87. The predicted octanol–water partition coefficient (Wildman–Crippen LogP) is 0.991. The molecule has 1 fully saturated rings. The van der Waals surface area contributed by atoms with Crippen LogP contribution in [0, 0.1) is 6.92 Å². The number of carbonyl (C=O) groups is 1. The summed E-state index contributed by atoms with van der Waals surface area (Å²) in [6, 6.07) is 9.00. The van der Waals surface area contributed by atoms with E-state index in [0.29, 0.717) is 12.6 Å². The Morgan fingerprint density at radius 3 is 2.56 bits per heavy atom. The lowest BCUT2D eigenvalue weighted by atomic mass is 10.1. The summed E-state index contributed by atoms with van der Waals surface area (Å²) in [5.41, 5.74) is 7.77. The van der Waals surface area contributed by atoms with Crippen LogP contribution in [0.15, 0.2) is 24.3 Å². The van der Waals surface area contributed by atoms with Crippen molar-refractivity contribution < 1.29 is 4.79 Å². The third kappa shape index (κ3) is 3.01. The first-order valence-electron chi connectivity index (χ1n) is 6.40. The van der Waals surface area contributed by atoms with Crippen molar-refractivity contribution >= 4 is 11.6 Å². The van der Waals surface area contributed by atoms with Gasteiger partial charge in [-0.25, -0.2) is 0 Å². The number of benzene rings is 1. The number of nitrogens with zero attached hydrogens (tertiary/aromatic N) is 2. The van der Waals surface area contributed by atoms with E-state index >= 15 is 0 Å². The summed E-state index contributed by atoms with van der Waals surface area (Å²) in [4.78, 5) is 15.4. The molecular weight excluding hydrogens is 226 g/mol. The van der Waals surface area contributed by atoms with Gasteiger partial charge in [-0.1, -0.05) is 17.7 Å². The number of anilines is 1. The molecular formula is C14H21N3O. The Labute approximate surface area is 108 Å². The molecule has 1 unspecified atom stereocenters. The van der Waals surface area contributed by atoms with Crippen molar-refractivity contribution in [1.82, 2.24) is 4.90 Å². The molecule has 4 heteroatoms. The van der Waals surface area contributed by atoms with Gasteiger partial charge in [-0.2, -0.15) is 0 Å². The van der Waals surface area contributed by atoms with Crippen LogP contribution in [0.3, 0.4) is 0 Å². The lowest BCUT2D eigenvalue weighted by molar-refractivity contribution is -0.119. The SMILES string of the molecule is Cc1ccc(N2CCN(CC(N)=O)CC2C)cc1. The van der Waals surface area contributed by atoms with Crippen LogP contribution in [0.25, 0.3) is 0 Å². The summed E-state index contributed by atoms with van der Waals surface area (Å²) in [6.07, 6.45) is 0. The van der Waals surface area contributed by atoms with Gasteiger partial charge in [-0.3, -0.25) is 9.69 Å². The summed E-state index contributed by atoms with van der Waals surface area (Å²) in [5, 5.41) is 0. The summed E-state index contributed by atoms with van der Waals surface area (Å²) in [5.74, 6) is -0.244. The minimum absolute atomic E-state index is 0.244. The van der Waals surface area contributed by atoms with Gasteiger partial charge >= 0.3 is 0 Å². The second kappa shape index (κ2) is 5.40. The Hall–Kier alpha value is -1.55. The third-order valence-corrected chi connectivity index (χ3v) is 3.46. The van der Waals surface area contributed by atoms with E-state index in [9.17, 15) is 4.79 Å². The number of nitrogens with two attached hydrogens (primary N) is 1. The van der Waals surface area contributed by atoms with E-state index in [1.807, 2.05) is 0 Å². The summed E-state index contributed by atoms with van der Waals surface area (Å²) < 4.78 is 0. The molecule has 2 rings (SSSR count). The van der Waals surface area contributed by atoms with Gasteiger partial charge in [0, 0.05) is 31.4 Å². The molecule has 1 aliphatic rings. The molecule has 0 saturated carbocycles. The minimum atomic E-state index is -0.244. The molecule has 4 nitrogen and oxygen atoms in total. The second-order valence-corrected chi connectivity index (χ2v) is 5.08. The van der Waals surface area contributed by atoms with Crippen molar-refractivity contribution in [3.63, 3.8) is 0 Å². The maximum atomic E-state index is 10.9. The predicted molar refractivity (Wildman–Crippen MR) is 73.6 cm³/mol. The zero-order valence-corrected chi connectivity index (χ0v) is 11.1. The zero-order chi connectivity index (χ0) is 13.1. The van der Waals surface area contributed by atoms with Gasteiger partial charge in [0.25, 0.3) is 0 Å². The molecule has 1 saturated heterocycles. The lowest BCUT2D eigenvalue weighted by Crippen LogP contribution is -2.53. The van der Waals surface area contributed by atoms with Crippen molar-refractivity contribution in [2.24, 2.45) is 5.73 Å². The number of rotatable bonds is 3. The van der Waals surface area contributed by atoms with Gasteiger partial charge in [-0.15, -0.1) is 0 Å². The first-order valence-corrected chi connectivity index (χ1v) is 6.40. The van der Waals surface area contributed by atoms with Crippen LogP contribution in [-0.4, -0.2) is 43.0 Å². The van der Waals surface area contributed by atoms with E-state index in [1.54, 1.807) is 0 Å². The van der Waals surface area contributed by atoms with Gasteiger partial charge < -0.3 is 10.6 Å². The highest BCUT2D eigenvalue weighted by Crippen LogP contribution is 2.20. The average molecular weight is 247 g/mol. The van der Waals surface area contributed by atoms with Gasteiger partial charge in [-0.05, 0) is 26.0 Å². The van der Waals surface area contributed by atoms with E-state index < -0.39 is 0 Å². The molecule has 2 N–H and O–H groups in total. The van der Waals surface area contributed by atoms with E-state index in [4.69, 9.17) is 5.73 Å². The van der Waals surface area contributed by atoms with Crippen molar-refractivity contribution in [2.75, 3.05) is 31.1 Å². The molecule has 0 spiro atoms. The van der Waals surface area contributed by atoms with E-state index in [-0.39, 0.29) is 5.91 Å². The smallest absolute Gasteiger partial charge is 0.231 e. The van der Waals surface area contributed by atoms with Gasteiger partial charge in [0.05, 0.1) is 6.54 Å². The van der Waals surface area contributed by atoms with Crippen LogP contribution in [0.2, 0.25) is 0 Å². The topological polar surface area (TPSA) is 49.6 Å². The van der Waals surface area contributed by atoms with Crippen molar-refractivity contribution in [2.45, 2.75) is 19.9 Å². The molecule has 1 heterocycles. The van der Waals surface area contributed by atoms with Crippen LogP contribution in [-0.2, 0) is 4.79 Å². The number of aryl methyl sites for hydroxylation is 1. The Balaban J connectivity index is 2.01. The summed E-state index contributed by atoms with van der Waals surface area (Å²) in [7, 11) is 0. The molecule has 0 aromatic heterocycles. The number of hydrogen-bond donors (Lipinski definition) is 1. The molecule has 1 atom stereocenters. The molecule has 0 aliphatic carbocycles. The summed E-state index contributed by atoms with van der Waals surface area (Å²) in [6.45, 7) is 7.37. The largest absolute Gasteiger partial charge is 0.369 e. The first kappa shape index (κ1) is 12.9. The highest BCUT2D eigenvalue weighted by atomic mass is 16.1. The van der Waals surface area contributed by atoms with Crippen molar-refractivity contribution in [3.8, 4) is 0 Å². The standard InChI is InChI=1S/C14H21N3O/c1-11-3-5-13(6-4-11)17-8-7-16(9-12(17)2)10-14(15)18/h3-6,12H,7-10H2,1-2H3,(H2,15,18). The molecule has 0 bridgehead atoms. The number of carbonyl (C=O) groups excluding carboxylic acids is 1.